The molecule has 0 amide bonds. The summed E-state index contributed by atoms with van der Waals surface area (Å²) < 4.78 is 0. The third-order valence-electron chi connectivity index (χ3n) is 3.53. The van der Waals surface area contributed by atoms with Crippen LogP contribution in [0.15, 0.2) is 54.6 Å². The number of hydrogen-bond acceptors (Lipinski definition) is 2. The van der Waals surface area contributed by atoms with E-state index >= 15 is 0 Å². The van der Waals surface area contributed by atoms with Crippen molar-refractivity contribution in [2.45, 2.75) is 25.8 Å². The lowest BCUT2D eigenvalue weighted by Gasteiger charge is -2.17. The van der Waals surface area contributed by atoms with E-state index in [1.165, 1.54) is 11.1 Å². The van der Waals surface area contributed by atoms with Gasteiger partial charge in [0.1, 0.15) is 0 Å². The molecule has 102 valence electrons. The number of nitriles is 1. The second-order valence-electron chi connectivity index (χ2n) is 5.14. The van der Waals surface area contributed by atoms with Crippen molar-refractivity contribution in [3.8, 4) is 6.07 Å². The monoisotopic (exact) mass is 264 g/mol. The average Bonchev–Trinajstić information content (AvgIpc) is 2.49. The normalized spacial score (nSPS) is 13.4. The van der Waals surface area contributed by atoms with Crippen molar-refractivity contribution < 1.29 is 0 Å². The fraction of sp³-hybridized carbons (Fsp3) is 0.278. The lowest BCUT2D eigenvalue weighted by atomic mass is 9.99. The number of aryl methyl sites for hydroxylation is 1. The molecule has 1 N–H and O–H groups in total. The molecule has 2 heteroatoms. The summed E-state index contributed by atoms with van der Waals surface area (Å²) in [5.74, 6) is -0.108. The van der Waals surface area contributed by atoms with E-state index in [-0.39, 0.29) is 12.0 Å². The molecule has 20 heavy (non-hydrogen) atoms. The molecular formula is C18H20N2. The van der Waals surface area contributed by atoms with Crippen molar-refractivity contribution in [1.29, 1.82) is 5.26 Å². The van der Waals surface area contributed by atoms with E-state index in [0.717, 1.165) is 5.56 Å². The first-order valence-corrected chi connectivity index (χ1v) is 6.95. The average molecular weight is 264 g/mol. The number of hydrogen-bond donors (Lipinski definition) is 1. The van der Waals surface area contributed by atoms with Crippen molar-refractivity contribution >= 4 is 0 Å². The van der Waals surface area contributed by atoms with Gasteiger partial charge in [-0.15, -0.1) is 0 Å². The van der Waals surface area contributed by atoms with Crippen molar-refractivity contribution in [2.75, 3.05) is 6.54 Å². The molecular weight excluding hydrogens is 244 g/mol. The molecule has 0 saturated carbocycles. The van der Waals surface area contributed by atoms with Crippen LogP contribution in [0.5, 0.6) is 0 Å². The highest BCUT2D eigenvalue weighted by molar-refractivity contribution is 5.27. The SMILES string of the molecule is Cc1cccc([C@@H](C)NCC(C#N)c2ccccc2)c1. The quantitative estimate of drug-likeness (QED) is 0.887. The Hall–Kier alpha value is -2.11. The van der Waals surface area contributed by atoms with Gasteiger partial charge in [0.15, 0.2) is 0 Å². The lowest BCUT2D eigenvalue weighted by molar-refractivity contribution is 0.558. The van der Waals surface area contributed by atoms with E-state index in [2.05, 4.69) is 49.5 Å². The largest absolute Gasteiger partial charge is 0.309 e. The molecule has 0 fully saturated rings. The van der Waals surface area contributed by atoms with Gasteiger partial charge in [-0.05, 0) is 25.0 Å². The summed E-state index contributed by atoms with van der Waals surface area (Å²) in [6.07, 6.45) is 0. The maximum atomic E-state index is 9.32. The van der Waals surface area contributed by atoms with Crippen LogP contribution in [0.3, 0.4) is 0 Å². The van der Waals surface area contributed by atoms with Gasteiger partial charge < -0.3 is 5.32 Å². The second-order valence-corrected chi connectivity index (χ2v) is 5.14. The summed E-state index contributed by atoms with van der Waals surface area (Å²) in [5.41, 5.74) is 3.59. The van der Waals surface area contributed by atoms with Gasteiger partial charge >= 0.3 is 0 Å². The third-order valence-corrected chi connectivity index (χ3v) is 3.53. The molecule has 0 saturated heterocycles. The van der Waals surface area contributed by atoms with Crippen LogP contribution in [0.1, 0.15) is 35.6 Å². The highest BCUT2D eigenvalue weighted by Gasteiger charge is 2.12. The molecule has 0 aliphatic carbocycles. The summed E-state index contributed by atoms with van der Waals surface area (Å²) in [6, 6.07) is 21.0. The Morgan fingerprint density at radius 1 is 1.05 bits per heavy atom. The number of benzene rings is 2. The standard InChI is InChI=1S/C18H20N2/c1-14-7-6-10-17(11-14)15(2)20-13-18(12-19)16-8-4-3-5-9-16/h3-11,15,18,20H,13H2,1-2H3/t15-,18?/m1/s1. The molecule has 2 atom stereocenters. The molecule has 0 aromatic heterocycles. The maximum Gasteiger partial charge on any atom is 0.0837 e. The Kier molecular flexibility index (Phi) is 4.92. The zero-order valence-corrected chi connectivity index (χ0v) is 12.0. The van der Waals surface area contributed by atoms with Gasteiger partial charge in [-0.3, -0.25) is 0 Å². The molecule has 1 unspecified atom stereocenters. The Labute approximate surface area is 121 Å². The fourth-order valence-corrected chi connectivity index (χ4v) is 2.28. The third kappa shape index (κ3) is 3.69. The molecule has 2 nitrogen and oxygen atoms in total. The minimum Gasteiger partial charge on any atom is -0.309 e. The van der Waals surface area contributed by atoms with Gasteiger partial charge in [-0.2, -0.15) is 5.26 Å². The molecule has 0 aliphatic rings. The topological polar surface area (TPSA) is 35.8 Å². The van der Waals surface area contributed by atoms with Crippen molar-refractivity contribution in [2.24, 2.45) is 0 Å². The van der Waals surface area contributed by atoms with Gasteiger partial charge in [-0.25, -0.2) is 0 Å². The second kappa shape index (κ2) is 6.88. The Morgan fingerprint density at radius 3 is 2.40 bits per heavy atom. The number of nitrogens with zero attached hydrogens (tertiary/aromatic N) is 1. The predicted octanol–water partition coefficient (Wildman–Crippen LogP) is 3.95. The maximum absolute atomic E-state index is 9.32. The Balaban J connectivity index is 1.99. The molecule has 2 aromatic carbocycles. The van der Waals surface area contributed by atoms with E-state index in [1.54, 1.807) is 0 Å². The van der Waals surface area contributed by atoms with Crippen LogP contribution in [-0.4, -0.2) is 6.54 Å². The first-order chi connectivity index (χ1) is 9.70. The van der Waals surface area contributed by atoms with Crippen molar-refractivity contribution in [3.63, 3.8) is 0 Å². The van der Waals surface area contributed by atoms with Crippen LogP contribution in [0, 0.1) is 18.3 Å². The molecule has 2 rings (SSSR count). The van der Waals surface area contributed by atoms with Gasteiger partial charge in [0.05, 0.1) is 12.0 Å². The van der Waals surface area contributed by atoms with Crippen LogP contribution in [-0.2, 0) is 0 Å². The number of rotatable bonds is 5. The summed E-state index contributed by atoms with van der Waals surface area (Å²) in [4.78, 5) is 0. The molecule has 0 aliphatic heterocycles. The first-order valence-electron chi connectivity index (χ1n) is 6.95. The number of nitrogens with one attached hydrogen (secondary N) is 1. The zero-order valence-electron chi connectivity index (χ0n) is 12.0. The van der Waals surface area contributed by atoms with Crippen molar-refractivity contribution in [3.05, 3.63) is 71.3 Å². The highest BCUT2D eigenvalue weighted by atomic mass is 14.9. The minimum atomic E-state index is -0.108. The summed E-state index contributed by atoms with van der Waals surface area (Å²) >= 11 is 0. The smallest absolute Gasteiger partial charge is 0.0837 e. The van der Waals surface area contributed by atoms with E-state index in [4.69, 9.17) is 0 Å². The molecule has 0 radical (unpaired) electrons. The predicted molar refractivity (Wildman–Crippen MR) is 82.4 cm³/mol. The lowest BCUT2D eigenvalue weighted by Crippen LogP contribution is -2.24. The highest BCUT2D eigenvalue weighted by Crippen LogP contribution is 2.17. The van der Waals surface area contributed by atoms with Gasteiger partial charge in [0, 0.05) is 12.6 Å². The van der Waals surface area contributed by atoms with E-state index in [1.807, 2.05) is 30.3 Å². The van der Waals surface area contributed by atoms with Crippen LogP contribution in [0.4, 0.5) is 0 Å². The van der Waals surface area contributed by atoms with Gasteiger partial charge in [0.2, 0.25) is 0 Å². The molecule has 0 spiro atoms. The van der Waals surface area contributed by atoms with Crippen LogP contribution in [0.25, 0.3) is 0 Å². The van der Waals surface area contributed by atoms with E-state index in [9.17, 15) is 5.26 Å². The van der Waals surface area contributed by atoms with Gasteiger partial charge in [0.25, 0.3) is 0 Å². The molecule has 0 bridgehead atoms. The minimum absolute atomic E-state index is 0.108. The summed E-state index contributed by atoms with van der Waals surface area (Å²) in [5, 5.41) is 12.8. The molecule has 0 heterocycles. The summed E-state index contributed by atoms with van der Waals surface area (Å²) in [7, 11) is 0. The Bertz CT molecular complexity index is 584. The fourth-order valence-electron chi connectivity index (χ4n) is 2.28. The molecule has 2 aromatic rings. The van der Waals surface area contributed by atoms with Crippen molar-refractivity contribution in [1.82, 2.24) is 5.32 Å². The van der Waals surface area contributed by atoms with E-state index < -0.39 is 0 Å². The summed E-state index contributed by atoms with van der Waals surface area (Å²) in [6.45, 7) is 4.89. The van der Waals surface area contributed by atoms with E-state index in [0.29, 0.717) is 6.54 Å². The van der Waals surface area contributed by atoms with Crippen LogP contribution >= 0.6 is 0 Å². The van der Waals surface area contributed by atoms with Gasteiger partial charge in [-0.1, -0.05) is 60.2 Å². The van der Waals surface area contributed by atoms with Crippen LogP contribution < -0.4 is 5.32 Å². The first kappa shape index (κ1) is 14.3. The Morgan fingerprint density at radius 2 is 1.75 bits per heavy atom. The zero-order chi connectivity index (χ0) is 14.4. The van der Waals surface area contributed by atoms with Crippen LogP contribution in [0.2, 0.25) is 0 Å².